The van der Waals surface area contributed by atoms with Crippen LogP contribution in [-0.4, -0.2) is 46.9 Å². The van der Waals surface area contributed by atoms with Crippen molar-refractivity contribution in [1.82, 2.24) is 4.90 Å². The zero-order chi connectivity index (χ0) is 17.3. The molecule has 1 aromatic rings. The molecule has 2 atom stereocenters. The first-order valence-electron chi connectivity index (χ1n) is 7.35. The lowest BCUT2D eigenvalue weighted by Gasteiger charge is -2.48. The Bertz CT molecular complexity index is 692. The van der Waals surface area contributed by atoms with Gasteiger partial charge in [0.05, 0.1) is 7.11 Å². The first-order valence-corrected chi connectivity index (χ1v) is 8.93. The number of halogens is 1. The summed E-state index contributed by atoms with van der Waals surface area (Å²) in [6, 6.07) is 6.63. The minimum Gasteiger partial charge on any atom is -0.497 e. The van der Waals surface area contributed by atoms with Crippen LogP contribution >= 0.6 is 23.4 Å². The molecule has 1 saturated heterocycles. The second-order valence-corrected chi connectivity index (χ2v) is 6.82. The summed E-state index contributed by atoms with van der Waals surface area (Å²) >= 11 is 7.44. The number of thioether (sulfide) groups is 1. The maximum absolute atomic E-state index is 12.5. The molecule has 2 aliphatic heterocycles. The van der Waals surface area contributed by atoms with Crippen molar-refractivity contribution in [3.63, 3.8) is 0 Å². The van der Waals surface area contributed by atoms with Crippen molar-refractivity contribution in [1.29, 1.82) is 0 Å². The summed E-state index contributed by atoms with van der Waals surface area (Å²) in [6.45, 7) is 0.105. The molecule has 128 valence electrons. The minimum atomic E-state index is -0.573. The van der Waals surface area contributed by atoms with E-state index in [1.54, 1.807) is 19.2 Å². The van der Waals surface area contributed by atoms with Crippen molar-refractivity contribution in [2.75, 3.05) is 18.7 Å². The largest absolute Gasteiger partial charge is 0.497 e. The predicted molar refractivity (Wildman–Crippen MR) is 91.6 cm³/mol. The maximum Gasteiger partial charge on any atom is 0.355 e. The van der Waals surface area contributed by atoms with Gasteiger partial charge in [0.25, 0.3) is 0 Å². The van der Waals surface area contributed by atoms with Crippen molar-refractivity contribution >= 4 is 35.2 Å². The lowest BCUT2D eigenvalue weighted by Crippen LogP contribution is -2.68. The van der Waals surface area contributed by atoms with Crippen LogP contribution in [0.2, 0.25) is 0 Å². The smallest absolute Gasteiger partial charge is 0.355 e. The number of hydrogen-bond acceptors (Lipinski definition) is 6. The van der Waals surface area contributed by atoms with E-state index in [-0.39, 0.29) is 29.5 Å². The number of hydrogen-bond donors (Lipinski definition) is 1. The summed E-state index contributed by atoms with van der Waals surface area (Å²) in [4.78, 5) is 25.9. The summed E-state index contributed by atoms with van der Waals surface area (Å²) in [5.74, 6) is 0.646. The molecule has 8 heteroatoms. The number of alkyl halides is 1. The highest BCUT2D eigenvalue weighted by Crippen LogP contribution is 2.40. The van der Waals surface area contributed by atoms with Crippen LogP contribution in [0.15, 0.2) is 35.5 Å². The molecule has 1 fully saturated rings. The van der Waals surface area contributed by atoms with Crippen molar-refractivity contribution in [2.24, 2.45) is 5.73 Å². The van der Waals surface area contributed by atoms with Crippen LogP contribution in [0.3, 0.4) is 0 Å². The molecule has 2 N–H and O–H groups in total. The molecule has 0 aromatic heterocycles. The molecule has 24 heavy (non-hydrogen) atoms. The Labute approximate surface area is 148 Å². The minimum absolute atomic E-state index is 0.105. The summed E-state index contributed by atoms with van der Waals surface area (Å²) in [5, 5.41) is -0.215. The van der Waals surface area contributed by atoms with Gasteiger partial charge in [0.2, 0.25) is 5.91 Å². The van der Waals surface area contributed by atoms with Crippen LogP contribution in [0.5, 0.6) is 5.75 Å². The molecule has 0 radical (unpaired) electrons. The monoisotopic (exact) mass is 368 g/mol. The third kappa shape index (κ3) is 2.99. The normalized spacial score (nSPS) is 22.8. The molecule has 0 bridgehead atoms. The number of carbonyl (C=O) groups is 2. The highest BCUT2D eigenvalue weighted by atomic mass is 35.5. The van der Waals surface area contributed by atoms with Gasteiger partial charge in [0.1, 0.15) is 29.5 Å². The van der Waals surface area contributed by atoms with Gasteiger partial charge < -0.3 is 15.2 Å². The van der Waals surface area contributed by atoms with Gasteiger partial charge in [-0.2, -0.15) is 0 Å². The Morgan fingerprint density at radius 2 is 2.12 bits per heavy atom. The van der Waals surface area contributed by atoms with E-state index in [1.807, 2.05) is 12.1 Å². The second-order valence-electron chi connectivity index (χ2n) is 5.45. The second kappa shape index (κ2) is 7.04. The van der Waals surface area contributed by atoms with Gasteiger partial charge in [-0.3, -0.25) is 9.69 Å². The Balaban J connectivity index is 1.72. The van der Waals surface area contributed by atoms with E-state index >= 15 is 0 Å². The number of nitrogens with two attached hydrogens (primary N) is 1. The van der Waals surface area contributed by atoms with Crippen molar-refractivity contribution in [3.05, 3.63) is 41.1 Å². The number of benzene rings is 1. The van der Waals surface area contributed by atoms with E-state index in [0.29, 0.717) is 11.3 Å². The standard InChI is InChI=1S/C16H17ClN2O4S/c1-22-11-4-2-9(3-5-11)7-23-16(21)13-10(6-17)8-24-15-12(18)14(20)19(13)15/h2-5,12,15H,6-8,18H2,1H3. The molecule has 6 nitrogen and oxygen atoms in total. The third-order valence-electron chi connectivity index (χ3n) is 3.97. The zero-order valence-electron chi connectivity index (χ0n) is 13.0. The molecule has 2 heterocycles. The Morgan fingerprint density at radius 3 is 2.75 bits per heavy atom. The number of amides is 1. The molecule has 3 rings (SSSR count). The molecular weight excluding hydrogens is 352 g/mol. The molecule has 0 aliphatic carbocycles. The maximum atomic E-state index is 12.5. The van der Waals surface area contributed by atoms with Crippen LogP contribution in [0.1, 0.15) is 5.56 Å². The number of rotatable bonds is 5. The molecule has 1 aromatic carbocycles. The third-order valence-corrected chi connectivity index (χ3v) is 5.66. The van der Waals surface area contributed by atoms with E-state index in [9.17, 15) is 9.59 Å². The Hall–Kier alpha value is -1.70. The zero-order valence-corrected chi connectivity index (χ0v) is 14.6. The number of esters is 1. The molecule has 0 saturated carbocycles. The van der Waals surface area contributed by atoms with Crippen molar-refractivity contribution < 1.29 is 19.1 Å². The number of ether oxygens (including phenoxy) is 2. The van der Waals surface area contributed by atoms with Gasteiger partial charge in [-0.25, -0.2) is 4.79 Å². The highest BCUT2D eigenvalue weighted by molar-refractivity contribution is 8.00. The SMILES string of the molecule is COc1ccc(COC(=O)C2=C(CCl)CSC3C(N)C(=O)N23)cc1. The van der Waals surface area contributed by atoms with Gasteiger partial charge in [-0.05, 0) is 23.3 Å². The summed E-state index contributed by atoms with van der Waals surface area (Å²) in [5.41, 5.74) is 7.55. The van der Waals surface area contributed by atoms with Gasteiger partial charge >= 0.3 is 5.97 Å². The first-order chi connectivity index (χ1) is 11.6. The number of β-lactam (4-membered cyclic amide) rings is 1. The van der Waals surface area contributed by atoms with E-state index in [2.05, 4.69) is 0 Å². The average Bonchev–Trinajstić information content (AvgIpc) is 2.64. The van der Waals surface area contributed by atoms with Crippen molar-refractivity contribution in [3.8, 4) is 5.75 Å². The van der Waals surface area contributed by atoms with Gasteiger partial charge in [-0.15, -0.1) is 23.4 Å². The Morgan fingerprint density at radius 1 is 1.42 bits per heavy atom. The van der Waals surface area contributed by atoms with E-state index in [0.717, 1.165) is 11.3 Å². The quantitative estimate of drug-likeness (QED) is 0.481. The topological polar surface area (TPSA) is 81.9 Å². The van der Waals surface area contributed by atoms with Gasteiger partial charge in [-0.1, -0.05) is 12.1 Å². The molecular formula is C16H17ClN2O4S. The fourth-order valence-electron chi connectivity index (χ4n) is 2.61. The van der Waals surface area contributed by atoms with Crippen molar-refractivity contribution in [2.45, 2.75) is 18.0 Å². The summed E-state index contributed by atoms with van der Waals surface area (Å²) in [7, 11) is 1.58. The first kappa shape index (κ1) is 17.1. The fourth-order valence-corrected chi connectivity index (χ4v) is 4.24. The van der Waals surface area contributed by atoms with Crippen LogP contribution < -0.4 is 10.5 Å². The number of carbonyl (C=O) groups excluding carboxylic acids is 2. The highest BCUT2D eigenvalue weighted by Gasteiger charge is 2.51. The van der Waals surface area contributed by atoms with E-state index in [4.69, 9.17) is 26.8 Å². The lowest BCUT2D eigenvalue weighted by molar-refractivity contribution is -0.151. The average molecular weight is 369 g/mol. The summed E-state index contributed by atoms with van der Waals surface area (Å²) in [6.07, 6.45) is 0. The Kier molecular flexibility index (Phi) is 5.03. The van der Waals surface area contributed by atoms with Crippen LogP contribution in [0, 0.1) is 0 Å². The fraction of sp³-hybridized carbons (Fsp3) is 0.375. The number of methoxy groups -OCH3 is 1. The van der Waals surface area contributed by atoms with Crippen LogP contribution in [0.4, 0.5) is 0 Å². The molecule has 0 spiro atoms. The number of fused-ring (bicyclic) bond motifs is 1. The molecule has 1 amide bonds. The van der Waals surface area contributed by atoms with E-state index < -0.39 is 12.0 Å². The van der Waals surface area contributed by atoms with Gasteiger partial charge in [0, 0.05) is 11.6 Å². The number of nitrogens with zero attached hydrogens (tertiary/aromatic N) is 1. The van der Waals surface area contributed by atoms with Gasteiger partial charge in [0.15, 0.2) is 0 Å². The van der Waals surface area contributed by atoms with Crippen LogP contribution in [-0.2, 0) is 20.9 Å². The van der Waals surface area contributed by atoms with E-state index in [1.165, 1.54) is 16.7 Å². The van der Waals surface area contributed by atoms with Crippen LogP contribution in [0.25, 0.3) is 0 Å². The molecule has 2 unspecified atom stereocenters. The molecule has 2 aliphatic rings. The predicted octanol–water partition coefficient (Wildman–Crippen LogP) is 1.47. The summed E-state index contributed by atoms with van der Waals surface area (Å²) < 4.78 is 10.5. The lowest BCUT2D eigenvalue weighted by atomic mass is 10.0.